The molecule has 0 fully saturated rings. The van der Waals surface area contributed by atoms with Crippen LogP contribution in [0.4, 0.5) is 0 Å². The molecule has 0 saturated heterocycles. The zero-order valence-electron chi connectivity index (χ0n) is 11.8. The highest BCUT2D eigenvalue weighted by Crippen LogP contribution is 2.29. The van der Waals surface area contributed by atoms with Gasteiger partial charge in [0.2, 0.25) is 0 Å². The molecule has 3 aromatic heterocycles. The Bertz CT molecular complexity index is 726. The van der Waals surface area contributed by atoms with E-state index in [0.717, 1.165) is 29.1 Å². The number of aryl methyl sites for hydroxylation is 2. The lowest BCUT2D eigenvalue weighted by Crippen LogP contribution is -2.12. The number of aromatic nitrogens is 4. The van der Waals surface area contributed by atoms with E-state index in [1.54, 1.807) is 11.3 Å². The highest BCUT2D eigenvalue weighted by Gasteiger charge is 2.22. The third-order valence-corrected chi connectivity index (χ3v) is 4.62. The Hall–Kier alpha value is -1.33. The van der Waals surface area contributed by atoms with E-state index in [1.165, 1.54) is 5.56 Å². The van der Waals surface area contributed by atoms with E-state index in [1.807, 2.05) is 11.7 Å². The van der Waals surface area contributed by atoms with Gasteiger partial charge in [-0.3, -0.25) is 4.68 Å². The molecule has 106 valence electrons. The fraction of sp³-hybridized carbons (Fsp3) is 0.429. The van der Waals surface area contributed by atoms with Crippen molar-refractivity contribution in [3.8, 4) is 0 Å². The molecule has 0 aliphatic heterocycles. The maximum absolute atomic E-state index is 6.10. The lowest BCUT2D eigenvalue weighted by atomic mass is 10.2. The van der Waals surface area contributed by atoms with Crippen molar-refractivity contribution < 1.29 is 0 Å². The lowest BCUT2D eigenvalue weighted by Gasteiger charge is -2.16. The van der Waals surface area contributed by atoms with Crippen molar-refractivity contribution in [3.63, 3.8) is 0 Å². The van der Waals surface area contributed by atoms with Gasteiger partial charge in [-0.25, -0.2) is 4.98 Å². The molecule has 4 nitrogen and oxygen atoms in total. The molecular weight excluding hydrogens is 292 g/mol. The van der Waals surface area contributed by atoms with Gasteiger partial charge in [-0.15, -0.1) is 11.6 Å². The summed E-state index contributed by atoms with van der Waals surface area (Å²) in [6.07, 6.45) is 0.878. The SMILES string of the molecule is CCc1nn(C)c2c1nc(CCl)n2C(C)c1ccsc1. The molecule has 0 saturated carbocycles. The zero-order chi connectivity index (χ0) is 14.3. The molecule has 20 heavy (non-hydrogen) atoms. The first-order valence-corrected chi connectivity index (χ1v) is 8.15. The number of imidazole rings is 1. The second kappa shape index (κ2) is 5.22. The summed E-state index contributed by atoms with van der Waals surface area (Å²) in [6, 6.07) is 2.36. The quantitative estimate of drug-likeness (QED) is 0.688. The molecule has 0 radical (unpaired) electrons. The molecule has 3 heterocycles. The summed E-state index contributed by atoms with van der Waals surface area (Å²) < 4.78 is 4.12. The first kappa shape index (κ1) is 13.6. The maximum atomic E-state index is 6.10. The van der Waals surface area contributed by atoms with Crippen LogP contribution in [0.2, 0.25) is 0 Å². The van der Waals surface area contributed by atoms with Crippen molar-refractivity contribution >= 4 is 34.1 Å². The molecule has 0 aliphatic rings. The number of alkyl halides is 1. The van der Waals surface area contributed by atoms with Crippen LogP contribution in [0, 0.1) is 0 Å². The summed E-state index contributed by atoms with van der Waals surface area (Å²) in [5.41, 5.74) is 4.34. The first-order chi connectivity index (χ1) is 9.67. The Labute approximate surface area is 127 Å². The number of halogens is 1. The molecular formula is C14H17ClN4S. The standard InChI is InChI=1S/C14H17ClN4S/c1-4-11-13-14(18(3)17-11)19(12(7-15)16-13)9(2)10-5-6-20-8-10/h5-6,8-9H,4,7H2,1-3H3. The van der Waals surface area contributed by atoms with Crippen LogP contribution in [0.25, 0.3) is 11.2 Å². The monoisotopic (exact) mass is 308 g/mol. The second-order valence-corrected chi connectivity index (χ2v) is 5.91. The average molecular weight is 309 g/mol. The molecule has 0 bridgehead atoms. The molecule has 0 N–H and O–H groups in total. The van der Waals surface area contributed by atoms with E-state index in [0.29, 0.717) is 5.88 Å². The second-order valence-electron chi connectivity index (χ2n) is 4.86. The summed E-state index contributed by atoms with van der Waals surface area (Å²) in [5.74, 6) is 1.31. The summed E-state index contributed by atoms with van der Waals surface area (Å²) >= 11 is 7.81. The fourth-order valence-electron chi connectivity index (χ4n) is 2.65. The van der Waals surface area contributed by atoms with Crippen LogP contribution in [0.5, 0.6) is 0 Å². The van der Waals surface area contributed by atoms with Crippen LogP contribution < -0.4 is 0 Å². The summed E-state index contributed by atoms with van der Waals surface area (Å²) in [7, 11) is 1.97. The highest BCUT2D eigenvalue weighted by atomic mass is 35.5. The molecule has 0 amide bonds. The minimum absolute atomic E-state index is 0.208. The molecule has 6 heteroatoms. The molecule has 3 rings (SSSR count). The maximum Gasteiger partial charge on any atom is 0.159 e. The minimum atomic E-state index is 0.208. The molecule has 1 atom stereocenters. The average Bonchev–Trinajstić information content (AvgIpc) is 3.14. The van der Waals surface area contributed by atoms with Crippen LogP contribution in [0.3, 0.4) is 0 Å². The van der Waals surface area contributed by atoms with Crippen molar-refractivity contribution in [3.05, 3.63) is 33.9 Å². The van der Waals surface area contributed by atoms with Gasteiger partial charge in [-0.1, -0.05) is 6.92 Å². The third kappa shape index (κ3) is 1.96. The number of rotatable bonds is 4. The van der Waals surface area contributed by atoms with E-state index in [2.05, 4.69) is 40.3 Å². The minimum Gasteiger partial charge on any atom is -0.305 e. The normalized spacial score (nSPS) is 13.2. The van der Waals surface area contributed by atoms with E-state index in [4.69, 9.17) is 16.6 Å². The summed E-state index contributed by atoms with van der Waals surface area (Å²) in [6.45, 7) is 4.28. The van der Waals surface area contributed by atoms with Crippen LogP contribution >= 0.6 is 22.9 Å². The van der Waals surface area contributed by atoms with Gasteiger partial charge in [0.05, 0.1) is 17.6 Å². The van der Waals surface area contributed by atoms with Crippen LogP contribution in [0.1, 0.15) is 37.0 Å². The van der Waals surface area contributed by atoms with Gasteiger partial charge in [-0.2, -0.15) is 16.4 Å². The molecule has 3 aromatic rings. The Morgan fingerprint density at radius 2 is 2.25 bits per heavy atom. The van der Waals surface area contributed by atoms with Crippen LogP contribution in [0.15, 0.2) is 16.8 Å². The van der Waals surface area contributed by atoms with Crippen molar-refractivity contribution in [2.45, 2.75) is 32.2 Å². The first-order valence-electron chi connectivity index (χ1n) is 6.68. The largest absolute Gasteiger partial charge is 0.305 e. The Kier molecular flexibility index (Phi) is 3.56. The zero-order valence-corrected chi connectivity index (χ0v) is 13.4. The Balaban J connectivity index is 2.25. The topological polar surface area (TPSA) is 35.6 Å². The summed E-state index contributed by atoms with van der Waals surface area (Å²) in [5, 5.41) is 8.83. The molecule has 0 aliphatic carbocycles. The Morgan fingerprint density at radius 1 is 1.45 bits per heavy atom. The van der Waals surface area contributed by atoms with E-state index < -0.39 is 0 Å². The van der Waals surface area contributed by atoms with Crippen molar-refractivity contribution in [2.75, 3.05) is 0 Å². The fourth-order valence-corrected chi connectivity index (χ4v) is 3.58. The highest BCUT2D eigenvalue weighted by molar-refractivity contribution is 7.07. The van der Waals surface area contributed by atoms with E-state index >= 15 is 0 Å². The van der Waals surface area contributed by atoms with Crippen molar-refractivity contribution in [1.82, 2.24) is 19.3 Å². The number of hydrogen-bond donors (Lipinski definition) is 0. The van der Waals surface area contributed by atoms with Gasteiger partial charge >= 0.3 is 0 Å². The summed E-state index contributed by atoms with van der Waals surface area (Å²) in [4.78, 5) is 4.70. The predicted molar refractivity (Wildman–Crippen MR) is 83.6 cm³/mol. The molecule has 1 unspecified atom stereocenters. The van der Waals surface area contributed by atoms with Crippen LogP contribution in [-0.4, -0.2) is 19.3 Å². The van der Waals surface area contributed by atoms with Gasteiger partial charge in [-0.05, 0) is 35.7 Å². The van der Waals surface area contributed by atoms with Gasteiger partial charge in [0.1, 0.15) is 11.3 Å². The van der Waals surface area contributed by atoms with Crippen molar-refractivity contribution in [2.24, 2.45) is 7.05 Å². The van der Waals surface area contributed by atoms with Gasteiger partial charge < -0.3 is 4.57 Å². The lowest BCUT2D eigenvalue weighted by molar-refractivity contribution is 0.608. The number of hydrogen-bond acceptors (Lipinski definition) is 3. The number of thiophene rings is 1. The van der Waals surface area contributed by atoms with Gasteiger partial charge in [0, 0.05) is 7.05 Å². The molecule has 0 aromatic carbocycles. The third-order valence-electron chi connectivity index (χ3n) is 3.68. The van der Waals surface area contributed by atoms with Gasteiger partial charge in [0.25, 0.3) is 0 Å². The van der Waals surface area contributed by atoms with E-state index in [-0.39, 0.29) is 6.04 Å². The van der Waals surface area contributed by atoms with Crippen LogP contribution in [-0.2, 0) is 19.3 Å². The van der Waals surface area contributed by atoms with Gasteiger partial charge in [0.15, 0.2) is 5.65 Å². The Morgan fingerprint density at radius 3 is 2.85 bits per heavy atom. The number of nitrogens with zero attached hydrogens (tertiary/aromatic N) is 4. The molecule has 0 spiro atoms. The smallest absolute Gasteiger partial charge is 0.159 e. The number of fused-ring (bicyclic) bond motifs is 1. The van der Waals surface area contributed by atoms with E-state index in [9.17, 15) is 0 Å². The van der Waals surface area contributed by atoms with Crippen molar-refractivity contribution in [1.29, 1.82) is 0 Å². The predicted octanol–water partition coefficient (Wildman–Crippen LogP) is 3.74.